The van der Waals surface area contributed by atoms with Gasteiger partial charge in [0.1, 0.15) is 0 Å². The van der Waals surface area contributed by atoms with Crippen molar-refractivity contribution in [2.45, 2.75) is 137 Å². The molecule has 3 fully saturated rings. The average Bonchev–Trinajstić information content (AvgIpc) is 3.61. The van der Waals surface area contributed by atoms with Crippen LogP contribution in [-0.2, 0) is 4.74 Å². The Balaban J connectivity index is 0.000000208. The molecule has 1 heteroatoms. The predicted molar refractivity (Wildman–Crippen MR) is 186 cm³/mol. The molecule has 2 aliphatic carbocycles. The number of rotatable bonds is 3. The maximum atomic E-state index is 5.34. The van der Waals surface area contributed by atoms with Crippen LogP contribution in [0, 0.1) is 20.8 Å². The second-order valence-electron chi connectivity index (χ2n) is 11.9. The Bertz CT molecular complexity index is 970. The first-order chi connectivity index (χ1) is 20.6. The summed E-state index contributed by atoms with van der Waals surface area (Å²) in [5, 5.41) is 0. The molecule has 1 saturated heterocycles. The van der Waals surface area contributed by atoms with Crippen molar-refractivity contribution in [2.24, 2.45) is 0 Å². The summed E-state index contributed by atoms with van der Waals surface area (Å²) in [5.74, 6) is 2.45. The largest absolute Gasteiger partial charge is 0.381 e. The molecule has 232 valence electrons. The average molecular weight is 571 g/mol. The summed E-state index contributed by atoms with van der Waals surface area (Å²) in [7, 11) is 0. The monoisotopic (exact) mass is 570 g/mol. The van der Waals surface area contributed by atoms with Crippen LogP contribution in [0.25, 0.3) is 0 Å². The van der Waals surface area contributed by atoms with Crippen LogP contribution >= 0.6 is 0 Å². The molecule has 0 amide bonds. The van der Waals surface area contributed by atoms with Gasteiger partial charge in [0.25, 0.3) is 0 Å². The molecule has 6 rings (SSSR count). The van der Waals surface area contributed by atoms with E-state index in [2.05, 4.69) is 93.6 Å². The third kappa shape index (κ3) is 12.9. The first kappa shape index (κ1) is 35.8. The van der Waals surface area contributed by atoms with Crippen molar-refractivity contribution in [3.05, 3.63) is 106 Å². The highest BCUT2D eigenvalue weighted by Gasteiger charge is 2.17. The summed E-state index contributed by atoms with van der Waals surface area (Å²) in [4.78, 5) is 0. The minimum absolute atomic E-state index is 0.731. The van der Waals surface area contributed by atoms with Crippen molar-refractivity contribution in [3.63, 3.8) is 0 Å². The highest BCUT2D eigenvalue weighted by molar-refractivity contribution is 5.26. The van der Waals surface area contributed by atoms with Crippen LogP contribution in [0.15, 0.2) is 72.8 Å². The first-order valence-corrected chi connectivity index (χ1v) is 17.4. The molecule has 1 aliphatic heterocycles. The van der Waals surface area contributed by atoms with E-state index in [1.807, 2.05) is 27.7 Å². The lowest BCUT2D eigenvalue weighted by molar-refractivity contribution is 0.0853. The molecular formula is C41H62O. The van der Waals surface area contributed by atoms with Gasteiger partial charge in [0, 0.05) is 13.2 Å². The summed E-state index contributed by atoms with van der Waals surface area (Å²) in [6.45, 7) is 16.3. The van der Waals surface area contributed by atoms with E-state index in [1.54, 1.807) is 11.1 Å². The van der Waals surface area contributed by atoms with E-state index in [0.717, 1.165) is 31.0 Å². The normalized spacial score (nSPS) is 17.2. The van der Waals surface area contributed by atoms with Gasteiger partial charge >= 0.3 is 0 Å². The van der Waals surface area contributed by atoms with E-state index in [1.165, 1.54) is 92.9 Å². The molecule has 3 aromatic rings. The fourth-order valence-electron chi connectivity index (χ4n) is 6.24. The van der Waals surface area contributed by atoms with Crippen molar-refractivity contribution in [1.29, 1.82) is 0 Å². The topological polar surface area (TPSA) is 9.23 Å². The molecule has 0 unspecified atom stereocenters. The zero-order chi connectivity index (χ0) is 30.6. The second kappa shape index (κ2) is 21.3. The van der Waals surface area contributed by atoms with Crippen LogP contribution in [0.2, 0.25) is 0 Å². The number of hydrogen-bond acceptors (Lipinski definition) is 1. The van der Waals surface area contributed by atoms with Gasteiger partial charge in [0.15, 0.2) is 0 Å². The maximum Gasteiger partial charge on any atom is 0.0471 e. The standard InChI is InChI=1S/C13H18.C12H16O.C12H16.2C2H6/c1-11-7-9-13(10-8-11)12-5-3-2-4-6-12;1-10-2-4-11(5-3-10)12-6-8-13-9-7-12;1-10-6-8-12(9-7-10)11-4-2-3-5-11;2*1-2/h7-10,12H,2-6H2,1H3;2-5,12H,6-9H2,1H3;6-9,11H,2-5H2,1H3;2*1-2H3. The Kier molecular flexibility index (Phi) is 18.2. The van der Waals surface area contributed by atoms with E-state index in [0.29, 0.717) is 0 Å². The van der Waals surface area contributed by atoms with Gasteiger partial charge in [-0.2, -0.15) is 0 Å². The maximum absolute atomic E-state index is 5.34. The highest BCUT2D eigenvalue weighted by atomic mass is 16.5. The molecule has 0 spiro atoms. The highest BCUT2D eigenvalue weighted by Crippen LogP contribution is 2.34. The molecule has 2 saturated carbocycles. The molecule has 0 aromatic heterocycles. The van der Waals surface area contributed by atoms with E-state index in [9.17, 15) is 0 Å². The van der Waals surface area contributed by atoms with Gasteiger partial charge in [-0.3, -0.25) is 0 Å². The lowest BCUT2D eigenvalue weighted by atomic mass is 9.84. The molecule has 0 radical (unpaired) electrons. The molecule has 0 N–H and O–H groups in total. The van der Waals surface area contributed by atoms with Gasteiger partial charge in [-0.1, -0.05) is 149 Å². The molecular weight excluding hydrogens is 508 g/mol. The summed E-state index contributed by atoms with van der Waals surface area (Å²) in [5.41, 5.74) is 8.68. The van der Waals surface area contributed by atoms with Gasteiger partial charge in [-0.05, 0) is 93.7 Å². The fraction of sp³-hybridized carbons (Fsp3) is 0.561. The SMILES string of the molecule is CC.CC.Cc1ccc(C2CCCC2)cc1.Cc1ccc(C2CCCCC2)cc1.Cc1ccc(C2CCOCC2)cc1. The molecule has 42 heavy (non-hydrogen) atoms. The van der Waals surface area contributed by atoms with Crippen LogP contribution in [0.5, 0.6) is 0 Å². The third-order valence-electron chi connectivity index (χ3n) is 8.83. The summed E-state index contributed by atoms with van der Waals surface area (Å²) >= 11 is 0. The van der Waals surface area contributed by atoms with Gasteiger partial charge in [0.05, 0.1) is 0 Å². The predicted octanol–water partition coefficient (Wildman–Crippen LogP) is 12.6. The molecule has 0 bridgehead atoms. The van der Waals surface area contributed by atoms with Gasteiger partial charge < -0.3 is 4.74 Å². The van der Waals surface area contributed by atoms with E-state index in [-0.39, 0.29) is 0 Å². The summed E-state index contributed by atoms with van der Waals surface area (Å²) < 4.78 is 5.34. The van der Waals surface area contributed by atoms with Crippen LogP contribution in [0.4, 0.5) is 0 Å². The van der Waals surface area contributed by atoms with E-state index >= 15 is 0 Å². The second-order valence-corrected chi connectivity index (χ2v) is 11.9. The van der Waals surface area contributed by atoms with Crippen LogP contribution < -0.4 is 0 Å². The number of benzene rings is 3. The minimum Gasteiger partial charge on any atom is -0.381 e. The van der Waals surface area contributed by atoms with Gasteiger partial charge in [-0.15, -0.1) is 0 Å². The molecule has 1 nitrogen and oxygen atoms in total. The Morgan fingerprint density at radius 2 is 0.643 bits per heavy atom. The summed E-state index contributed by atoms with van der Waals surface area (Å²) in [6.07, 6.45) is 15.2. The first-order valence-electron chi connectivity index (χ1n) is 17.4. The van der Waals surface area contributed by atoms with Crippen molar-refractivity contribution in [1.82, 2.24) is 0 Å². The molecule has 1 heterocycles. The Labute approximate surface area is 260 Å². The number of hydrogen-bond donors (Lipinski definition) is 0. The van der Waals surface area contributed by atoms with Crippen LogP contribution in [0.1, 0.15) is 149 Å². The Morgan fingerprint density at radius 1 is 0.381 bits per heavy atom. The van der Waals surface area contributed by atoms with Crippen LogP contribution in [0.3, 0.4) is 0 Å². The van der Waals surface area contributed by atoms with Crippen LogP contribution in [-0.4, -0.2) is 13.2 Å². The number of aryl methyl sites for hydroxylation is 3. The fourth-order valence-corrected chi connectivity index (χ4v) is 6.24. The molecule has 3 aromatic carbocycles. The Morgan fingerprint density at radius 3 is 0.952 bits per heavy atom. The van der Waals surface area contributed by atoms with E-state index in [4.69, 9.17) is 4.74 Å². The quantitative estimate of drug-likeness (QED) is 0.304. The van der Waals surface area contributed by atoms with E-state index < -0.39 is 0 Å². The Hall–Kier alpha value is -2.38. The summed E-state index contributed by atoms with van der Waals surface area (Å²) in [6, 6.07) is 27.1. The van der Waals surface area contributed by atoms with Crippen molar-refractivity contribution in [3.8, 4) is 0 Å². The zero-order valence-corrected chi connectivity index (χ0v) is 28.3. The smallest absolute Gasteiger partial charge is 0.0471 e. The third-order valence-corrected chi connectivity index (χ3v) is 8.83. The van der Waals surface area contributed by atoms with Crippen molar-refractivity contribution in [2.75, 3.05) is 13.2 Å². The molecule has 3 aliphatic rings. The van der Waals surface area contributed by atoms with Crippen molar-refractivity contribution >= 4 is 0 Å². The number of ether oxygens (including phenoxy) is 1. The van der Waals surface area contributed by atoms with Crippen molar-refractivity contribution < 1.29 is 4.74 Å². The minimum atomic E-state index is 0.731. The lowest BCUT2D eigenvalue weighted by Crippen LogP contribution is -2.13. The van der Waals surface area contributed by atoms with Gasteiger partial charge in [0.2, 0.25) is 0 Å². The lowest BCUT2D eigenvalue weighted by Gasteiger charge is -2.22. The van der Waals surface area contributed by atoms with Gasteiger partial charge in [-0.25, -0.2) is 0 Å². The molecule has 0 atom stereocenters. The zero-order valence-electron chi connectivity index (χ0n) is 28.3.